The number of rotatable bonds is 4. The third-order valence-corrected chi connectivity index (χ3v) is 4.00. The third-order valence-electron chi connectivity index (χ3n) is 3.76. The van der Waals surface area contributed by atoms with Crippen molar-refractivity contribution < 1.29 is 23.7 Å². The van der Waals surface area contributed by atoms with E-state index < -0.39 is 11.8 Å². The number of ether oxygens (including phenoxy) is 3. The van der Waals surface area contributed by atoms with Gasteiger partial charge in [-0.25, -0.2) is 4.39 Å². The molecule has 1 aromatic carbocycles. The Hall–Kier alpha value is -2.00. The molecule has 2 heterocycles. The van der Waals surface area contributed by atoms with E-state index in [2.05, 4.69) is 10.2 Å². The summed E-state index contributed by atoms with van der Waals surface area (Å²) < 4.78 is 29.9. The number of halogens is 2. The number of benzene rings is 1. The van der Waals surface area contributed by atoms with Gasteiger partial charge in [0, 0.05) is 16.0 Å². The average molecular weight is 384 g/mol. The Balaban J connectivity index is 1.71. The van der Waals surface area contributed by atoms with Gasteiger partial charge >= 0.3 is 5.97 Å². The molecule has 9 heteroatoms. The first-order chi connectivity index (χ1) is 12.2. The van der Waals surface area contributed by atoms with Crippen molar-refractivity contribution in [2.75, 3.05) is 25.6 Å². The van der Waals surface area contributed by atoms with Gasteiger partial charge in [0.05, 0.1) is 24.6 Å². The lowest BCUT2D eigenvalue weighted by Gasteiger charge is -2.39. The molecular formula is C17H19ClFN3O4. The molecule has 0 saturated carbocycles. The summed E-state index contributed by atoms with van der Waals surface area (Å²) in [6.07, 6.45) is 0. The molecule has 3 rings (SSSR count). The van der Waals surface area contributed by atoms with E-state index in [0.29, 0.717) is 18.2 Å². The predicted molar refractivity (Wildman–Crippen MR) is 93.0 cm³/mol. The summed E-state index contributed by atoms with van der Waals surface area (Å²) in [6.45, 7) is 4.17. The fraction of sp³-hybridized carbons (Fsp3) is 0.412. The maximum atomic E-state index is 13.9. The third kappa shape index (κ3) is 4.21. The van der Waals surface area contributed by atoms with Crippen molar-refractivity contribution in [2.24, 2.45) is 5.41 Å². The normalized spacial score (nSPS) is 18.5. The number of hydrogen-bond acceptors (Lipinski definition) is 7. The standard InChI is InChI=1S/C17H19ClFN3O4/c1-16(2)7-25-17(23,26-8-16)9-24-15-13(20)6-14(21-22-15)11-5-10(18)3-4-12(11)19/h3-6,23H,7-9H2,1-2H3,(H2,20,21). The van der Waals surface area contributed by atoms with Crippen LogP contribution < -0.4 is 10.5 Å². The molecule has 26 heavy (non-hydrogen) atoms. The Morgan fingerprint density at radius 2 is 1.96 bits per heavy atom. The fourth-order valence-corrected chi connectivity index (χ4v) is 2.45. The number of anilines is 1. The molecule has 0 atom stereocenters. The summed E-state index contributed by atoms with van der Waals surface area (Å²) >= 11 is 5.88. The molecule has 0 unspecified atom stereocenters. The van der Waals surface area contributed by atoms with Crippen molar-refractivity contribution in [3.05, 3.63) is 35.1 Å². The van der Waals surface area contributed by atoms with Crippen LogP contribution >= 0.6 is 11.6 Å². The first kappa shape index (κ1) is 18.8. The molecule has 0 spiro atoms. The van der Waals surface area contributed by atoms with Gasteiger partial charge in [0.1, 0.15) is 5.82 Å². The Bertz CT molecular complexity index is 809. The van der Waals surface area contributed by atoms with E-state index in [-0.39, 0.29) is 34.8 Å². The van der Waals surface area contributed by atoms with Crippen molar-refractivity contribution in [3.8, 4) is 17.1 Å². The lowest BCUT2D eigenvalue weighted by molar-refractivity contribution is -0.407. The summed E-state index contributed by atoms with van der Waals surface area (Å²) in [7, 11) is 0. The van der Waals surface area contributed by atoms with E-state index in [0.717, 1.165) is 0 Å². The molecule has 1 saturated heterocycles. The first-order valence-corrected chi connectivity index (χ1v) is 8.27. The minimum atomic E-state index is -1.89. The smallest absolute Gasteiger partial charge is 0.316 e. The van der Waals surface area contributed by atoms with E-state index in [4.69, 9.17) is 31.5 Å². The van der Waals surface area contributed by atoms with Crippen molar-refractivity contribution in [1.82, 2.24) is 10.2 Å². The average Bonchev–Trinajstić information content (AvgIpc) is 2.59. The van der Waals surface area contributed by atoms with E-state index in [9.17, 15) is 9.50 Å². The van der Waals surface area contributed by atoms with Crippen LogP contribution in [0.4, 0.5) is 10.1 Å². The lowest BCUT2D eigenvalue weighted by atomic mass is 9.95. The molecule has 1 aromatic heterocycles. The van der Waals surface area contributed by atoms with E-state index in [1.54, 1.807) is 0 Å². The summed E-state index contributed by atoms with van der Waals surface area (Å²) in [5.74, 6) is -2.42. The van der Waals surface area contributed by atoms with Gasteiger partial charge in [-0.3, -0.25) is 0 Å². The van der Waals surface area contributed by atoms with Crippen LogP contribution in [0.15, 0.2) is 24.3 Å². The summed E-state index contributed by atoms with van der Waals surface area (Å²) in [5.41, 5.74) is 6.20. The first-order valence-electron chi connectivity index (χ1n) is 7.89. The van der Waals surface area contributed by atoms with Gasteiger partial charge in [-0.1, -0.05) is 25.4 Å². The van der Waals surface area contributed by atoms with Crippen LogP contribution in [0.2, 0.25) is 5.02 Å². The van der Waals surface area contributed by atoms with Crippen LogP contribution in [-0.2, 0) is 9.47 Å². The molecule has 0 aliphatic carbocycles. The van der Waals surface area contributed by atoms with Crippen molar-refractivity contribution >= 4 is 17.3 Å². The largest absolute Gasteiger partial charge is 0.466 e. The molecule has 0 bridgehead atoms. The quantitative estimate of drug-likeness (QED) is 0.837. The number of aromatic nitrogens is 2. The lowest BCUT2D eigenvalue weighted by Crippen LogP contribution is -2.51. The van der Waals surface area contributed by atoms with Gasteiger partial charge in [0.25, 0.3) is 5.88 Å². The number of nitrogens with zero attached hydrogens (tertiary/aromatic N) is 2. The molecule has 0 radical (unpaired) electrons. The highest BCUT2D eigenvalue weighted by atomic mass is 35.5. The Morgan fingerprint density at radius 3 is 2.62 bits per heavy atom. The van der Waals surface area contributed by atoms with Crippen LogP contribution in [0.3, 0.4) is 0 Å². The van der Waals surface area contributed by atoms with Gasteiger partial charge in [-0.2, -0.15) is 0 Å². The van der Waals surface area contributed by atoms with Crippen molar-refractivity contribution in [3.63, 3.8) is 0 Å². The monoisotopic (exact) mass is 383 g/mol. The zero-order chi connectivity index (χ0) is 18.9. The maximum Gasteiger partial charge on any atom is 0.316 e. The van der Waals surface area contributed by atoms with Crippen molar-refractivity contribution in [2.45, 2.75) is 19.8 Å². The Labute approximate surface area is 154 Å². The highest BCUT2D eigenvalue weighted by Crippen LogP contribution is 2.30. The molecule has 1 aliphatic rings. The molecule has 2 aromatic rings. The second-order valence-electron chi connectivity index (χ2n) is 6.86. The Kier molecular flexibility index (Phi) is 5.03. The molecule has 140 valence electrons. The number of nitrogen functional groups attached to an aromatic ring is 1. The summed E-state index contributed by atoms with van der Waals surface area (Å²) in [5, 5.41) is 18.3. The SMILES string of the molecule is CC1(C)COC(O)(COc2nnc(-c3cc(Cl)ccc3F)cc2N)OC1. The van der Waals surface area contributed by atoms with Crippen LogP contribution in [0.25, 0.3) is 11.3 Å². The van der Waals surface area contributed by atoms with Crippen LogP contribution in [-0.4, -0.2) is 41.1 Å². The van der Waals surface area contributed by atoms with E-state index >= 15 is 0 Å². The molecule has 1 fully saturated rings. The van der Waals surface area contributed by atoms with Crippen LogP contribution in [0.5, 0.6) is 5.88 Å². The second-order valence-corrected chi connectivity index (χ2v) is 7.29. The van der Waals surface area contributed by atoms with Gasteiger partial charge in [0.15, 0.2) is 6.61 Å². The second kappa shape index (κ2) is 6.96. The van der Waals surface area contributed by atoms with Crippen molar-refractivity contribution in [1.29, 1.82) is 0 Å². The highest BCUT2D eigenvalue weighted by Gasteiger charge is 2.40. The zero-order valence-electron chi connectivity index (χ0n) is 14.3. The number of nitrogens with two attached hydrogens (primary N) is 1. The molecule has 7 nitrogen and oxygen atoms in total. The predicted octanol–water partition coefficient (Wildman–Crippen LogP) is 2.62. The van der Waals surface area contributed by atoms with Gasteiger partial charge in [-0.15, -0.1) is 10.2 Å². The van der Waals surface area contributed by atoms with Gasteiger partial charge in [0.2, 0.25) is 0 Å². The molecule has 0 amide bonds. The minimum Gasteiger partial charge on any atom is -0.466 e. The molecule has 3 N–H and O–H groups in total. The van der Waals surface area contributed by atoms with Crippen LogP contribution in [0, 0.1) is 11.2 Å². The number of aliphatic hydroxyl groups is 1. The number of hydrogen-bond donors (Lipinski definition) is 2. The van der Waals surface area contributed by atoms with E-state index in [1.165, 1.54) is 24.3 Å². The minimum absolute atomic E-state index is 0.0263. The van der Waals surface area contributed by atoms with Gasteiger partial charge < -0.3 is 25.1 Å². The summed E-state index contributed by atoms with van der Waals surface area (Å²) in [4.78, 5) is 0. The zero-order valence-corrected chi connectivity index (χ0v) is 15.1. The van der Waals surface area contributed by atoms with Gasteiger partial charge in [-0.05, 0) is 24.3 Å². The highest BCUT2D eigenvalue weighted by molar-refractivity contribution is 6.30. The fourth-order valence-electron chi connectivity index (χ4n) is 2.28. The van der Waals surface area contributed by atoms with Crippen LogP contribution in [0.1, 0.15) is 13.8 Å². The maximum absolute atomic E-state index is 13.9. The summed E-state index contributed by atoms with van der Waals surface area (Å²) in [6, 6.07) is 5.50. The van der Waals surface area contributed by atoms with E-state index in [1.807, 2.05) is 13.8 Å². The molecule has 1 aliphatic heterocycles. The topological polar surface area (TPSA) is 99.7 Å². The molecular weight excluding hydrogens is 365 g/mol. The Morgan fingerprint density at radius 1 is 1.27 bits per heavy atom.